The highest BCUT2D eigenvalue weighted by molar-refractivity contribution is 5.78. The van der Waals surface area contributed by atoms with Crippen molar-refractivity contribution in [3.8, 4) is 0 Å². The van der Waals surface area contributed by atoms with Crippen molar-refractivity contribution < 1.29 is 4.79 Å². The molecule has 0 bridgehead atoms. The third-order valence-corrected chi connectivity index (χ3v) is 2.18. The van der Waals surface area contributed by atoms with Crippen LogP contribution in [0.5, 0.6) is 0 Å². The monoisotopic (exact) mass is 185 g/mol. The molecule has 0 radical (unpaired) electrons. The van der Waals surface area contributed by atoms with E-state index in [-0.39, 0.29) is 0 Å². The fourth-order valence-corrected chi connectivity index (χ4v) is 1.63. The minimum atomic E-state index is 0.374. The fraction of sp³-hybridized carbons (Fsp3) is 0.909. The Kier molecular flexibility index (Phi) is 6.87. The van der Waals surface area contributed by atoms with Crippen molar-refractivity contribution in [2.75, 3.05) is 6.54 Å². The zero-order chi connectivity index (χ0) is 10.3. The number of ketones is 1. The molecule has 0 saturated carbocycles. The number of nitrogens with two attached hydrogens (primary N) is 1. The number of Topliss-reactive ketones (excluding diaryl/α,β-unsaturated/α-hetero) is 1. The van der Waals surface area contributed by atoms with Crippen LogP contribution in [0.1, 0.15) is 46.5 Å². The predicted molar refractivity (Wildman–Crippen MR) is 56.5 cm³/mol. The molecule has 1 atom stereocenters. The van der Waals surface area contributed by atoms with Crippen molar-refractivity contribution in [2.45, 2.75) is 46.5 Å². The minimum absolute atomic E-state index is 0.374. The molecular weight excluding hydrogens is 162 g/mol. The zero-order valence-electron chi connectivity index (χ0n) is 9.18. The Bertz CT molecular complexity index is 143. The third-order valence-electron chi connectivity index (χ3n) is 2.18. The van der Waals surface area contributed by atoms with Crippen LogP contribution in [0.15, 0.2) is 0 Å². The summed E-state index contributed by atoms with van der Waals surface area (Å²) in [4.78, 5) is 11.3. The molecule has 0 fully saturated rings. The maximum Gasteiger partial charge on any atom is 0.133 e. The van der Waals surface area contributed by atoms with Crippen LogP contribution in [0, 0.1) is 11.8 Å². The number of carbonyl (C=O) groups excluding carboxylic acids is 1. The van der Waals surface area contributed by atoms with Gasteiger partial charge in [0.1, 0.15) is 5.78 Å². The van der Waals surface area contributed by atoms with Crippen molar-refractivity contribution in [1.29, 1.82) is 0 Å². The van der Waals surface area contributed by atoms with E-state index in [2.05, 4.69) is 13.8 Å². The Morgan fingerprint density at radius 2 is 2.00 bits per heavy atom. The van der Waals surface area contributed by atoms with Crippen LogP contribution in [-0.4, -0.2) is 12.3 Å². The lowest BCUT2D eigenvalue weighted by molar-refractivity contribution is -0.120. The summed E-state index contributed by atoms with van der Waals surface area (Å²) in [5.41, 5.74) is 5.61. The van der Waals surface area contributed by atoms with Crippen LogP contribution >= 0.6 is 0 Å². The van der Waals surface area contributed by atoms with Gasteiger partial charge in [-0.3, -0.25) is 4.79 Å². The topological polar surface area (TPSA) is 43.1 Å². The smallest absolute Gasteiger partial charge is 0.133 e. The second-order valence-corrected chi connectivity index (χ2v) is 4.22. The molecule has 0 spiro atoms. The Hall–Kier alpha value is -0.370. The maximum absolute atomic E-state index is 11.3. The summed E-state index contributed by atoms with van der Waals surface area (Å²) in [6.07, 6.45) is 3.43. The highest BCUT2D eigenvalue weighted by Gasteiger charge is 2.12. The molecule has 2 N–H and O–H groups in total. The van der Waals surface area contributed by atoms with E-state index in [0.717, 1.165) is 12.8 Å². The van der Waals surface area contributed by atoms with Crippen LogP contribution in [-0.2, 0) is 4.79 Å². The number of hydrogen-bond donors (Lipinski definition) is 1. The molecule has 0 rings (SSSR count). The van der Waals surface area contributed by atoms with Crippen molar-refractivity contribution >= 4 is 5.78 Å². The predicted octanol–water partition coefficient (Wildman–Crippen LogP) is 2.37. The summed E-state index contributed by atoms with van der Waals surface area (Å²) in [7, 11) is 0. The molecule has 78 valence electrons. The van der Waals surface area contributed by atoms with Gasteiger partial charge in [0, 0.05) is 12.8 Å². The number of hydrogen-bond acceptors (Lipinski definition) is 2. The summed E-state index contributed by atoms with van der Waals surface area (Å²) in [6.45, 7) is 7.03. The summed E-state index contributed by atoms with van der Waals surface area (Å²) in [6, 6.07) is 0. The number of rotatable bonds is 7. The molecule has 0 aliphatic rings. The lowest BCUT2D eigenvalue weighted by atomic mass is 9.91. The number of carbonyl (C=O) groups is 1. The summed E-state index contributed by atoms with van der Waals surface area (Å²) in [5, 5.41) is 0. The van der Waals surface area contributed by atoms with Gasteiger partial charge in [0.25, 0.3) is 0 Å². The summed E-state index contributed by atoms with van der Waals surface area (Å²) in [5.74, 6) is 1.42. The van der Waals surface area contributed by atoms with E-state index in [1.165, 1.54) is 0 Å². The second-order valence-electron chi connectivity index (χ2n) is 4.22. The molecule has 2 nitrogen and oxygen atoms in total. The van der Waals surface area contributed by atoms with E-state index in [9.17, 15) is 4.79 Å². The third kappa shape index (κ3) is 6.76. The van der Waals surface area contributed by atoms with Gasteiger partial charge >= 0.3 is 0 Å². The highest BCUT2D eigenvalue weighted by atomic mass is 16.1. The Morgan fingerprint density at radius 1 is 1.38 bits per heavy atom. The molecule has 0 amide bonds. The second kappa shape index (κ2) is 7.07. The van der Waals surface area contributed by atoms with Gasteiger partial charge < -0.3 is 5.73 Å². The van der Waals surface area contributed by atoms with Gasteiger partial charge in [-0.15, -0.1) is 0 Å². The van der Waals surface area contributed by atoms with Gasteiger partial charge in [-0.1, -0.05) is 20.8 Å². The van der Waals surface area contributed by atoms with Gasteiger partial charge in [-0.2, -0.15) is 0 Å². The lowest BCUT2D eigenvalue weighted by Gasteiger charge is -2.15. The minimum Gasteiger partial charge on any atom is -0.330 e. The molecule has 0 heterocycles. The first-order chi connectivity index (χ1) is 6.10. The van der Waals surface area contributed by atoms with Crippen LogP contribution < -0.4 is 5.73 Å². The molecule has 13 heavy (non-hydrogen) atoms. The van der Waals surface area contributed by atoms with Crippen molar-refractivity contribution in [3.05, 3.63) is 0 Å². The van der Waals surface area contributed by atoms with Crippen LogP contribution in [0.4, 0.5) is 0 Å². The Labute approximate surface area is 81.9 Å². The van der Waals surface area contributed by atoms with E-state index in [0.29, 0.717) is 37.0 Å². The quantitative estimate of drug-likeness (QED) is 0.661. The van der Waals surface area contributed by atoms with Gasteiger partial charge in [0.05, 0.1) is 0 Å². The van der Waals surface area contributed by atoms with Crippen molar-refractivity contribution in [1.82, 2.24) is 0 Å². The molecule has 1 unspecified atom stereocenters. The van der Waals surface area contributed by atoms with Crippen molar-refractivity contribution in [3.63, 3.8) is 0 Å². The van der Waals surface area contributed by atoms with E-state index in [4.69, 9.17) is 5.73 Å². The maximum atomic E-state index is 11.3. The van der Waals surface area contributed by atoms with E-state index < -0.39 is 0 Å². The van der Waals surface area contributed by atoms with Gasteiger partial charge in [-0.05, 0) is 31.2 Å². The van der Waals surface area contributed by atoms with E-state index >= 15 is 0 Å². The van der Waals surface area contributed by atoms with Crippen LogP contribution in [0.2, 0.25) is 0 Å². The molecular formula is C11H23NO. The first kappa shape index (κ1) is 12.6. The Balaban J connectivity index is 3.76. The highest BCUT2D eigenvalue weighted by Crippen LogP contribution is 2.15. The van der Waals surface area contributed by atoms with Gasteiger partial charge in [0.2, 0.25) is 0 Å². The summed E-state index contributed by atoms with van der Waals surface area (Å²) >= 11 is 0. The molecule has 2 heteroatoms. The lowest BCUT2D eigenvalue weighted by Crippen LogP contribution is -2.19. The molecule has 0 aromatic heterocycles. The first-order valence-corrected chi connectivity index (χ1v) is 5.31. The van der Waals surface area contributed by atoms with Crippen LogP contribution in [0.25, 0.3) is 0 Å². The average molecular weight is 185 g/mol. The largest absolute Gasteiger partial charge is 0.330 e. The average Bonchev–Trinajstić information content (AvgIpc) is 2.02. The molecule has 0 aliphatic heterocycles. The van der Waals surface area contributed by atoms with E-state index in [1.807, 2.05) is 6.92 Å². The van der Waals surface area contributed by atoms with Gasteiger partial charge in [0.15, 0.2) is 0 Å². The van der Waals surface area contributed by atoms with Gasteiger partial charge in [-0.25, -0.2) is 0 Å². The normalized spacial score (nSPS) is 13.3. The standard InChI is InChI=1S/C11H23NO/c1-4-5-11(13)7-10(8-12)6-9(2)3/h9-10H,4-8,12H2,1-3H3. The molecule has 0 aromatic rings. The van der Waals surface area contributed by atoms with Crippen LogP contribution in [0.3, 0.4) is 0 Å². The Morgan fingerprint density at radius 3 is 2.38 bits per heavy atom. The van der Waals surface area contributed by atoms with E-state index in [1.54, 1.807) is 0 Å². The summed E-state index contributed by atoms with van der Waals surface area (Å²) < 4.78 is 0. The molecule has 0 saturated heterocycles. The van der Waals surface area contributed by atoms with Crippen molar-refractivity contribution in [2.24, 2.45) is 17.6 Å². The zero-order valence-corrected chi connectivity index (χ0v) is 9.18. The molecule has 0 aliphatic carbocycles. The fourth-order valence-electron chi connectivity index (χ4n) is 1.63. The SMILES string of the molecule is CCCC(=O)CC(CN)CC(C)C. The first-order valence-electron chi connectivity index (χ1n) is 5.31. The molecule has 0 aromatic carbocycles.